The van der Waals surface area contributed by atoms with Crippen molar-refractivity contribution in [3.63, 3.8) is 0 Å². The fourth-order valence-electron chi connectivity index (χ4n) is 6.23. The molecule has 1 aliphatic rings. The molecule has 0 aliphatic heterocycles. The van der Waals surface area contributed by atoms with E-state index in [0.29, 0.717) is 10.7 Å². The van der Waals surface area contributed by atoms with E-state index < -0.39 is 28.5 Å². The predicted molar refractivity (Wildman–Crippen MR) is 188 cm³/mol. The highest BCUT2D eigenvalue weighted by Gasteiger charge is 2.35. The van der Waals surface area contributed by atoms with Gasteiger partial charge in [0.1, 0.15) is 12.6 Å². The molecule has 0 radical (unpaired) electrons. The molecule has 5 rings (SSSR count). The number of anilines is 1. The Morgan fingerprint density at radius 1 is 0.809 bits per heavy atom. The van der Waals surface area contributed by atoms with Crippen LogP contribution in [0.4, 0.5) is 5.69 Å². The summed E-state index contributed by atoms with van der Waals surface area (Å²) in [7, 11) is -4.15. The molecule has 4 aromatic rings. The van der Waals surface area contributed by atoms with Crippen molar-refractivity contribution >= 4 is 39.1 Å². The van der Waals surface area contributed by atoms with Crippen molar-refractivity contribution in [2.24, 2.45) is 0 Å². The molecular weight excluding hydrogens is 630 g/mol. The van der Waals surface area contributed by atoms with Crippen molar-refractivity contribution in [1.82, 2.24) is 10.2 Å². The van der Waals surface area contributed by atoms with Crippen molar-refractivity contribution < 1.29 is 18.0 Å². The molecule has 0 aromatic heterocycles. The number of sulfonamides is 1. The second-order valence-electron chi connectivity index (χ2n) is 12.4. The highest BCUT2D eigenvalue weighted by molar-refractivity contribution is 7.92. The number of hydrogen-bond acceptors (Lipinski definition) is 4. The van der Waals surface area contributed by atoms with Crippen LogP contribution in [0.3, 0.4) is 0 Å². The molecule has 7 nitrogen and oxygen atoms in total. The lowest BCUT2D eigenvalue weighted by Crippen LogP contribution is -2.55. The number of amides is 2. The first-order valence-corrected chi connectivity index (χ1v) is 18.0. The van der Waals surface area contributed by atoms with Gasteiger partial charge < -0.3 is 10.2 Å². The Kier molecular flexibility index (Phi) is 11.4. The number of nitrogens with zero attached hydrogens (tertiary/aromatic N) is 2. The maximum atomic E-state index is 14.7. The number of hydrogen-bond donors (Lipinski definition) is 1. The first kappa shape index (κ1) is 34.2. The Balaban J connectivity index is 1.57. The summed E-state index contributed by atoms with van der Waals surface area (Å²) >= 11 is 6.19. The van der Waals surface area contributed by atoms with E-state index in [9.17, 15) is 18.0 Å². The number of benzene rings is 4. The normalized spacial score (nSPS) is 14.3. The third kappa shape index (κ3) is 9.02. The van der Waals surface area contributed by atoms with E-state index in [1.165, 1.54) is 17.0 Å². The Morgan fingerprint density at radius 2 is 1.40 bits per heavy atom. The second-order valence-corrected chi connectivity index (χ2v) is 14.7. The standard InChI is InChI=1S/C38H42ClN3O4S/c1-28-22-29(2)24-34(23-28)42(47(45,46)35-16-10-5-11-17-35)27-37(43)41(26-31-18-20-32(39)21-19-31)36(25-30-12-6-3-7-13-30)38(44)40-33-14-8-4-9-15-33/h3,5-7,10-13,16-24,33,36H,4,8-9,14-15,25-27H2,1-2H3,(H,40,44)/t36-/m1/s1. The molecule has 0 bridgehead atoms. The number of carbonyl (C=O) groups excluding carboxylic acids is 2. The lowest BCUT2D eigenvalue weighted by molar-refractivity contribution is -0.140. The molecule has 0 unspecified atom stereocenters. The van der Waals surface area contributed by atoms with Crippen LogP contribution in [0, 0.1) is 13.8 Å². The summed E-state index contributed by atoms with van der Waals surface area (Å²) in [5.41, 5.74) is 3.79. The van der Waals surface area contributed by atoms with Gasteiger partial charge in [0, 0.05) is 24.0 Å². The topological polar surface area (TPSA) is 86.8 Å². The minimum Gasteiger partial charge on any atom is -0.352 e. The summed E-state index contributed by atoms with van der Waals surface area (Å²) in [5, 5.41) is 3.79. The number of halogens is 1. The molecule has 2 amide bonds. The van der Waals surface area contributed by atoms with E-state index in [2.05, 4.69) is 5.32 Å². The van der Waals surface area contributed by atoms with Crippen molar-refractivity contribution in [2.75, 3.05) is 10.8 Å². The zero-order valence-electron chi connectivity index (χ0n) is 26.9. The van der Waals surface area contributed by atoms with Crippen molar-refractivity contribution in [3.05, 3.63) is 130 Å². The molecule has 1 N–H and O–H groups in total. The summed E-state index contributed by atoms with van der Waals surface area (Å²) in [5.74, 6) is -0.731. The maximum absolute atomic E-state index is 14.7. The molecule has 0 heterocycles. The third-order valence-corrected chi connectivity index (χ3v) is 10.6. The van der Waals surface area contributed by atoms with Crippen LogP contribution in [-0.4, -0.2) is 43.8 Å². The molecule has 1 atom stereocenters. The van der Waals surface area contributed by atoms with Crippen molar-refractivity contribution in [1.29, 1.82) is 0 Å². The molecule has 1 fully saturated rings. The summed E-state index contributed by atoms with van der Waals surface area (Å²) in [6.45, 7) is 3.39. The van der Waals surface area contributed by atoms with Crippen LogP contribution in [0.25, 0.3) is 0 Å². The van der Waals surface area contributed by atoms with E-state index in [4.69, 9.17) is 11.6 Å². The van der Waals surface area contributed by atoms with Gasteiger partial charge in [-0.3, -0.25) is 13.9 Å². The van der Waals surface area contributed by atoms with Gasteiger partial charge in [-0.1, -0.05) is 97.6 Å². The first-order chi connectivity index (χ1) is 22.6. The molecular formula is C38H42ClN3O4S. The van der Waals surface area contributed by atoms with Gasteiger partial charge in [-0.2, -0.15) is 0 Å². The number of nitrogens with one attached hydrogen (secondary N) is 1. The van der Waals surface area contributed by atoms with Gasteiger partial charge >= 0.3 is 0 Å². The first-order valence-electron chi connectivity index (χ1n) is 16.1. The van der Waals surface area contributed by atoms with E-state index in [1.54, 1.807) is 42.5 Å². The smallest absolute Gasteiger partial charge is 0.264 e. The Labute approximate surface area is 283 Å². The van der Waals surface area contributed by atoms with Crippen molar-refractivity contribution in [3.8, 4) is 0 Å². The van der Waals surface area contributed by atoms with Crippen LogP contribution in [0.2, 0.25) is 5.02 Å². The van der Waals surface area contributed by atoms with Crippen LogP contribution in [0.1, 0.15) is 54.4 Å². The Bertz CT molecular complexity index is 1740. The molecule has 47 heavy (non-hydrogen) atoms. The average molecular weight is 672 g/mol. The van der Waals surface area contributed by atoms with Gasteiger partial charge in [-0.25, -0.2) is 8.42 Å². The minimum atomic E-state index is -4.15. The lowest BCUT2D eigenvalue weighted by Gasteiger charge is -2.35. The molecule has 1 aliphatic carbocycles. The Hall–Kier alpha value is -4.14. The number of rotatable bonds is 12. The fraction of sp³-hybridized carbons (Fsp3) is 0.316. The summed E-state index contributed by atoms with van der Waals surface area (Å²) < 4.78 is 29.6. The summed E-state index contributed by atoms with van der Waals surface area (Å²) in [6.07, 6.45) is 5.29. The fourth-order valence-corrected chi connectivity index (χ4v) is 7.77. The van der Waals surface area contributed by atoms with Crippen LogP contribution >= 0.6 is 11.6 Å². The third-order valence-electron chi connectivity index (χ3n) is 8.59. The second kappa shape index (κ2) is 15.6. The minimum absolute atomic E-state index is 0.0345. The SMILES string of the molecule is Cc1cc(C)cc(N(CC(=O)N(Cc2ccc(Cl)cc2)[C@H](Cc2ccccc2)C(=O)NC2CCCCC2)S(=O)(=O)c2ccccc2)c1. The summed E-state index contributed by atoms with van der Waals surface area (Å²) in [4.78, 5) is 30.5. The zero-order valence-corrected chi connectivity index (χ0v) is 28.5. The zero-order chi connectivity index (χ0) is 33.4. The molecule has 246 valence electrons. The molecule has 9 heteroatoms. The van der Waals surface area contributed by atoms with Gasteiger partial charge in [0.05, 0.1) is 10.6 Å². The maximum Gasteiger partial charge on any atom is 0.264 e. The van der Waals surface area contributed by atoms with E-state index >= 15 is 0 Å². The van der Waals surface area contributed by atoms with Gasteiger partial charge in [-0.15, -0.1) is 0 Å². The quantitative estimate of drug-likeness (QED) is 0.172. The van der Waals surface area contributed by atoms with Crippen molar-refractivity contribution in [2.45, 2.75) is 75.9 Å². The van der Waals surface area contributed by atoms with Gasteiger partial charge in [-0.05, 0) is 85.3 Å². The molecule has 4 aromatic carbocycles. The van der Waals surface area contributed by atoms with Crippen LogP contribution in [-0.2, 0) is 32.6 Å². The summed E-state index contributed by atoms with van der Waals surface area (Å²) in [6, 6.07) is 29.5. The molecule has 1 saturated carbocycles. The lowest BCUT2D eigenvalue weighted by atomic mass is 9.94. The monoisotopic (exact) mass is 671 g/mol. The van der Waals surface area contributed by atoms with Crippen LogP contribution in [0.15, 0.2) is 108 Å². The van der Waals surface area contributed by atoms with Gasteiger partial charge in [0.2, 0.25) is 11.8 Å². The van der Waals surface area contributed by atoms with E-state index in [0.717, 1.165) is 58.7 Å². The number of aryl methyl sites for hydroxylation is 2. The van der Waals surface area contributed by atoms with E-state index in [-0.39, 0.29) is 29.8 Å². The van der Waals surface area contributed by atoms with Crippen LogP contribution < -0.4 is 9.62 Å². The Morgan fingerprint density at radius 3 is 2.02 bits per heavy atom. The van der Waals surface area contributed by atoms with E-state index in [1.807, 2.05) is 62.4 Å². The van der Waals surface area contributed by atoms with Gasteiger partial charge in [0.25, 0.3) is 10.0 Å². The largest absolute Gasteiger partial charge is 0.352 e. The molecule has 0 spiro atoms. The molecule has 0 saturated heterocycles. The van der Waals surface area contributed by atoms with Crippen LogP contribution in [0.5, 0.6) is 0 Å². The van der Waals surface area contributed by atoms with Gasteiger partial charge in [0.15, 0.2) is 0 Å². The predicted octanol–water partition coefficient (Wildman–Crippen LogP) is 7.24. The average Bonchev–Trinajstić information content (AvgIpc) is 3.06. The number of carbonyl (C=O) groups is 2. The highest BCUT2D eigenvalue weighted by atomic mass is 35.5. The highest BCUT2D eigenvalue weighted by Crippen LogP contribution is 2.27.